The van der Waals surface area contributed by atoms with E-state index in [4.69, 9.17) is 12.8 Å². The van der Waals surface area contributed by atoms with E-state index in [0.717, 1.165) is 11.1 Å². The lowest BCUT2D eigenvalue weighted by atomic mass is 9.85. The largest absolute Gasteiger partial charge is 0.319 e. The molecule has 0 radical (unpaired) electrons. The number of nitrogens with zero attached hydrogens (tertiary/aromatic N) is 1. The summed E-state index contributed by atoms with van der Waals surface area (Å²) in [6.45, 7) is 0.165. The second-order valence-electron chi connectivity index (χ2n) is 6.47. The number of carbonyl (C=O) groups excluding carboxylic acids is 1. The maximum Gasteiger partial charge on any atom is 0.242 e. The lowest BCUT2D eigenvalue weighted by molar-refractivity contribution is -0.130. The van der Waals surface area contributed by atoms with Crippen LogP contribution in [0.15, 0.2) is 48.5 Å². The summed E-state index contributed by atoms with van der Waals surface area (Å²) in [4.78, 5) is 14.7. The maximum atomic E-state index is 13.5. The van der Waals surface area contributed by atoms with Gasteiger partial charge in [-0.3, -0.25) is 4.79 Å². The van der Waals surface area contributed by atoms with E-state index in [-0.39, 0.29) is 30.6 Å². The molecule has 2 aromatic rings. The number of carbonyl (C=O) groups is 1. The van der Waals surface area contributed by atoms with Crippen LogP contribution in [-0.4, -0.2) is 28.2 Å². The van der Waals surface area contributed by atoms with Crippen LogP contribution in [0.3, 0.4) is 0 Å². The first kappa shape index (κ1) is 19.1. The molecule has 5 heteroatoms. The van der Waals surface area contributed by atoms with Gasteiger partial charge in [0, 0.05) is 5.41 Å². The summed E-state index contributed by atoms with van der Waals surface area (Å²) in [5, 5.41) is 0. The molecule has 0 N–H and O–H groups in total. The molecule has 0 heterocycles. The first-order valence-corrected chi connectivity index (χ1v) is 9.05. The first-order valence-electron chi connectivity index (χ1n) is 8.26. The van der Waals surface area contributed by atoms with Crippen molar-refractivity contribution in [1.82, 2.24) is 4.90 Å². The number of hydrogen-bond donors (Lipinski definition) is 0. The van der Waals surface area contributed by atoms with Crippen LogP contribution in [0.5, 0.6) is 0 Å². The molecule has 1 fully saturated rings. The van der Waals surface area contributed by atoms with Crippen molar-refractivity contribution in [2.24, 2.45) is 0 Å². The van der Waals surface area contributed by atoms with E-state index in [1.54, 1.807) is 24.3 Å². The van der Waals surface area contributed by atoms with Crippen molar-refractivity contribution < 1.29 is 13.6 Å². The molecule has 2 aromatic carbocycles. The fourth-order valence-electron chi connectivity index (χ4n) is 3.55. The molecule has 1 atom stereocenters. The Morgan fingerprint density at radius 1 is 0.963 bits per heavy atom. The molecule has 1 aliphatic rings. The highest BCUT2D eigenvalue weighted by Crippen LogP contribution is 2.67. The molecular formula is C22H16BrF2NO. The quantitative estimate of drug-likeness (QED) is 0.523. The normalized spacial score (nSPS) is 19.6. The fraction of sp³-hybridized carbons (Fsp3) is 0.227. The van der Waals surface area contributed by atoms with Gasteiger partial charge in [0.1, 0.15) is 16.0 Å². The average Bonchev–Trinajstić information content (AvgIpc) is 3.30. The van der Waals surface area contributed by atoms with Crippen LogP contribution in [0.1, 0.15) is 17.5 Å². The van der Waals surface area contributed by atoms with Crippen LogP contribution in [0.4, 0.5) is 8.78 Å². The van der Waals surface area contributed by atoms with E-state index < -0.39 is 9.74 Å². The van der Waals surface area contributed by atoms with Gasteiger partial charge in [0.05, 0.1) is 13.1 Å². The Hall–Kier alpha value is -2.63. The summed E-state index contributed by atoms with van der Waals surface area (Å²) < 4.78 is 25.9. The van der Waals surface area contributed by atoms with Gasteiger partial charge in [0.25, 0.3) is 0 Å². The minimum atomic E-state index is -0.997. The highest BCUT2D eigenvalue weighted by Gasteiger charge is 2.73. The van der Waals surface area contributed by atoms with E-state index >= 15 is 0 Å². The molecule has 27 heavy (non-hydrogen) atoms. The second kappa shape index (κ2) is 7.18. The zero-order valence-electron chi connectivity index (χ0n) is 14.4. The van der Waals surface area contributed by atoms with Gasteiger partial charge in [-0.2, -0.15) is 0 Å². The zero-order valence-corrected chi connectivity index (χ0v) is 16.0. The summed E-state index contributed by atoms with van der Waals surface area (Å²) in [6, 6.07) is 11.9. The molecule has 0 aliphatic heterocycles. The van der Waals surface area contributed by atoms with Crippen LogP contribution in [-0.2, 0) is 10.2 Å². The van der Waals surface area contributed by atoms with Gasteiger partial charge in [0.15, 0.2) is 0 Å². The number of amides is 1. The van der Waals surface area contributed by atoms with Gasteiger partial charge in [0.2, 0.25) is 5.91 Å². The van der Waals surface area contributed by atoms with Gasteiger partial charge in [-0.05, 0) is 41.8 Å². The van der Waals surface area contributed by atoms with Crippen molar-refractivity contribution in [2.45, 2.75) is 16.2 Å². The van der Waals surface area contributed by atoms with Gasteiger partial charge >= 0.3 is 0 Å². The summed E-state index contributed by atoms with van der Waals surface area (Å²) in [5.74, 6) is 3.90. The third-order valence-corrected chi connectivity index (χ3v) is 6.22. The molecule has 1 amide bonds. The number of terminal acetylenes is 2. The Morgan fingerprint density at radius 3 is 1.74 bits per heavy atom. The number of benzene rings is 2. The smallest absolute Gasteiger partial charge is 0.242 e. The average molecular weight is 428 g/mol. The lowest BCUT2D eigenvalue weighted by Crippen LogP contribution is -2.42. The van der Waals surface area contributed by atoms with E-state index in [9.17, 15) is 13.6 Å². The number of rotatable bonds is 5. The van der Waals surface area contributed by atoms with Crippen LogP contribution in [0, 0.1) is 36.3 Å². The third kappa shape index (κ3) is 3.13. The van der Waals surface area contributed by atoms with Gasteiger partial charge in [-0.15, -0.1) is 12.8 Å². The molecule has 0 bridgehead atoms. The van der Waals surface area contributed by atoms with Crippen molar-refractivity contribution in [2.75, 3.05) is 13.1 Å². The van der Waals surface area contributed by atoms with Crippen LogP contribution >= 0.6 is 15.9 Å². The molecule has 1 saturated carbocycles. The minimum absolute atomic E-state index is 0.0826. The Bertz CT molecular complexity index is 879. The van der Waals surface area contributed by atoms with Gasteiger partial charge in [-0.25, -0.2) is 8.78 Å². The monoisotopic (exact) mass is 427 g/mol. The minimum Gasteiger partial charge on any atom is -0.319 e. The summed E-state index contributed by atoms with van der Waals surface area (Å²) in [7, 11) is 0. The fourth-order valence-corrected chi connectivity index (χ4v) is 4.68. The Kier molecular flexibility index (Phi) is 5.09. The SMILES string of the molecule is C#CCN(CC#C)C(=O)C1(Br)CC1(c1ccc(F)cc1)c1ccc(F)cc1. The zero-order chi connectivity index (χ0) is 19.7. The Labute approximate surface area is 165 Å². The maximum absolute atomic E-state index is 13.5. The van der Waals surface area contributed by atoms with Gasteiger partial charge in [-0.1, -0.05) is 52.0 Å². The van der Waals surface area contributed by atoms with Crippen molar-refractivity contribution in [3.8, 4) is 24.7 Å². The van der Waals surface area contributed by atoms with Crippen molar-refractivity contribution >= 4 is 21.8 Å². The second-order valence-corrected chi connectivity index (χ2v) is 7.82. The lowest BCUT2D eigenvalue weighted by Gasteiger charge is -2.27. The molecule has 0 spiro atoms. The number of alkyl halides is 1. The van der Waals surface area contributed by atoms with Crippen LogP contribution < -0.4 is 0 Å². The summed E-state index contributed by atoms with van der Waals surface area (Å²) >= 11 is 3.61. The number of halogens is 3. The highest BCUT2D eigenvalue weighted by molar-refractivity contribution is 9.10. The van der Waals surface area contributed by atoms with Crippen molar-refractivity contribution in [3.05, 3.63) is 71.3 Å². The molecular weight excluding hydrogens is 412 g/mol. The Morgan fingerprint density at radius 2 is 1.37 bits per heavy atom. The summed E-state index contributed by atoms with van der Waals surface area (Å²) in [5.41, 5.74) is 0.733. The highest BCUT2D eigenvalue weighted by atomic mass is 79.9. The van der Waals surface area contributed by atoms with E-state index in [0.29, 0.717) is 6.42 Å². The van der Waals surface area contributed by atoms with Gasteiger partial charge < -0.3 is 4.90 Å². The van der Waals surface area contributed by atoms with Crippen molar-refractivity contribution in [3.63, 3.8) is 0 Å². The number of hydrogen-bond acceptors (Lipinski definition) is 1. The van der Waals surface area contributed by atoms with Crippen LogP contribution in [0.25, 0.3) is 0 Å². The van der Waals surface area contributed by atoms with E-state index in [2.05, 4.69) is 27.8 Å². The molecule has 0 saturated heterocycles. The first-order chi connectivity index (χ1) is 12.9. The van der Waals surface area contributed by atoms with E-state index in [1.165, 1.54) is 29.2 Å². The topological polar surface area (TPSA) is 20.3 Å². The predicted molar refractivity (Wildman–Crippen MR) is 104 cm³/mol. The van der Waals surface area contributed by atoms with Crippen LogP contribution in [0.2, 0.25) is 0 Å². The molecule has 136 valence electrons. The van der Waals surface area contributed by atoms with Crippen molar-refractivity contribution in [1.29, 1.82) is 0 Å². The molecule has 2 nitrogen and oxygen atoms in total. The predicted octanol–water partition coefficient (Wildman–Crippen LogP) is 3.88. The third-order valence-electron chi connectivity index (χ3n) is 4.92. The Balaban J connectivity index is 2.09. The van der Waals surface area contributed by atoms with E-state index in [1.807, 2.05) is 0 Å². The molecule has 3 rings (SSSR count). The molecule has 1 aliphatic carbocycles. The standard InChI is InChI=1S/C22H16BrF2NO/c1-3-13-26(14-4-2)20(27)22(23)15-21(22,16-5-9-18(24)10-6-16)17-7-11-19(25)12-8-17/h1-2,5-12H,13-15H2. The molecule has 1 unspecified atom stereocenters. The molecule has 0 aromatic heterocycles. The summed E-state index contributed by atoms with van der Waals surface area (Å²) in [6.07, 6.45) is 11.2.